The molecule has 1 aliphatic carbocycles. The van der Waals surface area contributed by atoms with E-state index in [-0.39, 0.29) is 23.1 Å². The average molecular weight is 367 g/mol. The molecule has 2 aromatic heterocycles. The Hall–Kier alpha value is -2.70. The number of hydrogen-bond donors (Lipinski definition) is 1. The van der Waals surface area contributed by atoms with Crippen molar-refractivity contribution in [1.82, 2.24) is 19.9 Å². The van der Waals surface area contributed by atoms with Crippen molar-refractivity contribution in [2.45, 2.75) is 44.6 Å². The van der Waals surface area contributed by atoms with Gasteiger partial charge in [-0.1, -0.05) is 0 Å². The third kappa shape index (κ3) is 3.59. The number of piperidine rings is 1. The van der Waals surface area contributed by atoms with Gasteiger partial charge in [-0.15, -0.1) is 0 Å². The zero-order chi connectivity index (χ0) is 18.8. The van der Waals surface area contributed by atoms with Crippen LogP contribution in [0.2, 0.25) is 0 Å². The lowest BCUT2D eigenvalue weighted by molar-refractivity contribution is 0.0931. The van der Waals surface area contributed by atoms with Crippen LogP contribution in [0.15, 0.2) is 29.5 Å². The fraction of sp³-hybridized carbons (Fsp3) is 0.500. The molecule has 7 nitrogen and oxygen atoms in total. The molecule has 2 aromatic rings. The van der Waals surface area contributed by atoms with Gasteiger partial charge < -0.3 is 14.8 Å². The van der Waals surface area contributed by atoms with Gasteiger partial charge in [0.1, 0.15) is 11.4 Å². The van der Waals surface area contributed by atoms with E-state index in [1.165, 1.54) is 0 Å². The van der Waals surface area contributed by atoms with Crippen LogP contribution in [0.4, 0.5) is 5.82 Å². The first kappa shape index (κ1) is 17.7. The lowest BCUT2D eigenvalue weighted by Crippen LogP contribution is -2.49. The van der Waals surface area contributed by atoms with E-state index in [0.29, 0.717) is 6.54 Å². The van der Waals surface area contributed by atoms with Crippen molar-refractivity contribution in [3.05, 3.63) is 51.8 Å². The van der Waals surface area contributed by atoms with Gasteiger partial charge in [0.2, 0.25) is 0 Å². The van der Waals surface area contributed by atoms with Crippen molar-refractivity contribution in [3.63, 3.8) is 0 Å². The Morgan fingerprint density at radius 1 is 1.22 bits per heavy atom. The number of rotatable bonds is 3. The van der Waals surface area contributed by atoms with Crippen LogP contribution in [0.3, 0.4) is 0 Å². The Kier molecular flexibility index (Phi) is 4.92. The van der Waals surface area contributed by atoms with Gasteiger partial charge in [0.05, 0.1) is 6.20 Å². The van der Waals surface area contributed by atoms with Crippen molar-refractivity contribution < 1.29 is 4.79 Å². The number of fused-ring (bicyclic) bond motifs is 1. The molecule has 1 amide bonds. The van der Waals surface area contributed by atoms with Gasteiger partial charge in [-0.3, -0.25) is 14.6 Å². The largest absolute Gasteiger partial charge is 0.353 e. The molecular weight excluding hydrogens is 342 g/mol. The third-order valence-corrected chi connectivity index (χ3v) is 5.61. The molecule has 0 bridgehead atoms. The van der Waals surface area contributed by atoms with Gasteiger partial charge in [0.15, 0.2) is 0 Å². The van der Waals surface area contributed by atoms with Gasteiger partial charge in [-0.2, -0.15) is 0 Å². The van der Waals surface area contributed by atoms with Crippen molar-refractivity contribution in [1.29, 1.82) is 0 Å². The van der Waals surface area contributed by atoms with Crippen LogP contribution >= 0.6 is 0 Å². The zero-order valence-corrected chi connectivity index (χ0v) is 15.6. The number of pyridine rings is 1. The summed E-state index contributed by atoms with van der Waals surface area (Å²) in [7, 11) is 1.78. The summed E-state index contributed by atoms with van der Waals surface area (Å²) in [6.07, 6.45) is 11.0. The minimum absolute atomic E-state index is 0.00556. The molecule has 0 spiro atoms. The highest BCUT2D eigenvalue weighted by Gasteiger charge is 2.25. The summed E-state index contributed by atoms with van der Waals surface area (Å²) >= 11 is 0. The van der Waals surface area contributed by atoms with E-state index in [2.05, 4.69) is 20.2 Å². The molecule has 1 saturated heterocycles. The number of carbonyl (C=O) groups excluding carboxylic acids is 1. The van der Waals surface area contributed by atoms with Crippen molar-refractivity contribution in [2.24, 2.45) is 7.05 Å². The van der Waals surface area contributed by atoms with Crippen LogP contribution in [0, 0.1) is 0 Å². The average Bonchev–Trinajstić information content (AvgIpc) is 2.71. The predicted molar refractivity (Wildman–Crippen MR) is 103 cm³/mol. The second-order valence-electron chi connectivity index (χ2n) is 7.42. The number of amides is 1. The second-order valence-corrected chi connectivity index (χ2v) is 7.42. The van der Waals surface area contributed by atoms with Crippen LogP contribution in [-0.2, 0) is 19.9 Å². The van der Waals surface area contributed by atoms with Gasteiger partial charge in [-0.25, -0.2) is 4.98 Å². The molecule has 1 atom stereocenters. The lowest BCUT2D eigenvalue weighted by Gasteiger charge is -2.33. The summed E-state index contributed by atoms with van der Waals surface area (Å²) in [6.45, 7) is 1.57. The topological polar surface area (TPSA) is 80.1 Å². The summed E-state index contributed by atoms with van der Waals surface area (Å²) in [5.74, 6) is 0.552. The van der Waals surface area contributed by atoms with E-state index in [1.807, 2.05) is 6.07 Å². The Labute approximate surface area is 158 Å². The Bertz CT molecular complexity index is 893. The summed E-state index contributed by atoms with van der Waals surface area (Å²) in [5.41, 5.74) is 2.28. The van der Waals surface area contributed by atoms with Gasteiger partial charge in [0, 0.05) is 44.3 Å². The molecule has 1 fully saturated rings. The van der Waals surface area contributed by atoms with E-state index in [0.717, 1.165) is 62.1 Å². The first-order valence-electron chi connectivity index (χ1n) is 9.67. The fourth-order valence-corrected chi connectivity index (χ4v) is 4.17. The number of nitrogens with one attached hydrogen (secondary N) is 1. The summed E-state index contributed by atoms with van der Waals surface area (Å²) in [6, 6.07) is 1.81. The molecule has 3 heterocycles. The van der Waals surface area contributed by atoms with Crippen LogP contribution in [0.1, 0.15) is 47.3 Å². The third-order valence-electron chi connectivity index (χ3n) is 5.61. The highest BCUT2D eigenvalue weighted by Crippen LogP contribution is 2.21. The predicted octanol–water partition coefficient (Wildman–Crippen LogP) is 1.45. The minimum atomic E-state index is -0.269. The van der Waals surface area contributed by atoms with Crippen LogP contribution in [0.25, 0.3) is 0 Å². The SMILES string of the molecule is Cn1c2c(cc(C(=O)N[C@@H]3CCCN(c4cnccn4)C3)c1=O)CCCC2. The van der Waals surface area contributed by atoms with Crippen molar-refractivity contribution in [2.75, 3.05) is 18.0 Å². The van der Waals surface area contributed by atoms with Gasteiger partial charge >= 0.3 is 0 Å². The van der Waals surface area contributed by atoms with Crippen LogP contribution < -0.4 is 15.8 Å². The molecule has 1 N–H and O–H groups in total. The standard InChI is InChI=1S/C20H25N5O2/c1-24-17-7-3-2-5-14(17)11-16(20(24)27)19(26)23-15-6-4-10-25(13-15)18-12-21-8-9-22-18/h8-9,11-12,15H,2-7,10,13H2,1H3,(H,23,26)/t15-/m1/s1. The highest BCUT2D eigenvalue weighted by atomic mass is 16.2. The van der Waals surface area contributed by atoms with Gasteiger partial charge in [0.25, 0.3) is 11.5 Å². The van der Waals surface area contributed by atoms with E-state index >= 15 is 0 Å². The van der Waals surface area contributed by atoms with Crippen molar-refractivity contribution in [3.8, 4) is 0 Å². The van der Waals surface area contributed by atoms with E-state index < -0.39 is 0 Å². The number of anilines is 1. The fourth-order valence-electron chi connectivity index (χ4n) is 4.17. The number of nitrogens with zero attached hydrogens (tertiary/aromatic N) is 4. The van der Waals surface area contributed by atoms with Crippen LogP contribution in [-0.4, -0.2) is 39.6 Å². The lowest BCUT2D eigenvalue weighted by atomic mass is 9.94. The molecule has 2 aliphatic rings. The Balaban J connectivity index is 1.51. The number of hydrogen-bond acceptors (Lipinski definition) is 5. The summed E-state index contributed by atoms with van der Waals surface area (Å²) in [5, 5.41) is 3.07. The monoisotopic (exact) mass is 367 g/mol. The van der Waals surface area contributed by atoms with E-state index in [9.17, 15) is 9.59 Å². The van der Waals surface area contributed by atoms with E-state index in [4.69, 9.17) is 0 Å². The quantitative estimate of drug-likeness (QED) is 0.888. The number of carbonyl (C=O) groups is 1. The minimum Gasteiger partial charge on any atom is -0.353 e. The molecule has 0 aromatic carbocycles. The maximum absolute atomic E-state index is 12.8. The molecule has 142 valence electrons. The zero-order valence-electron chi connectivity index (χ0n) is 15.6. The summed E-state index contributed by atoms with van der Waals surface area (Å²) < 4.78 is 1.66. The van der Waals surface area contributed by atoms with E-state index in [1.54, 1.807) is 30.2 Å². The summed E-state index contributed by atoms with van der Waals surface area (Å²) in [4.78, 5) is 36.1. The molecule has 4 rings (SSSR count). The molecular formula is C20H25N5O2. The maximum atomic E-state index is 12.8. The molecule has 0 saturated carbocycles. The van der Waals surface area contributed by atoms with Gasteiger partial charge in [-0.05, 0) is 50.2 Å². The number of aromatic nitrogens is 3. The maximum Gasteiger partial charge on any atom is 0.263 e. The first-order valence-corrected chi connectivity index (χ1v) is 9.67. The molecule has 0 radical (unpaired) electrons. The highest BCUT2D eigenvalue weighted by molar-refractivity contribution is 5.94. The second kappa shape index (κ2) is 7.50. The molecule has 1 aliphatic heterocycles. The normalized spacial score (nSPS) is 19.4. The smallest absolute Gasteiger partial charge is 0.263 e. The first-order chi connectivity index (χ1) is 13.1. The molecule has 27 heavy (non-hydrogen) atoms. The molecule has 0 unspecified atom stereocenters. The Morgan fingerprint density at radius 2 is 2.07 bits per heavy atom. The number of aryl methyl sites for hydroxylation is 1. The van der Waals surface area contributed by atoms with Crippen molar-refractivity contribution >= 4 is 11.7 Å². The Morgan fingerprint density at radius 3 is 2.89 bits per heavy atom. The molecule has 7 heteroatoms. The van der Waals surface area contributed by atoms with Crippen LogP contribution in [0.5, 0.6) is 0 Å².